The van der Waals surface area contributed by atoms with Crippen molar-refractivity contribution < 1.29 is 14.6 Å². The Labute approximate surface area is 163 Å². The summed E-state index contributed by atoms with van der Waals surface area (Å²) >= 11 is 1.80. The summed E-state index contributed by atoms with van der Waals surface area (Å²) in [6.07, 6.45) is 2.85. The fraction of sp³-hybridized carbons (Fsp3) is 0.400. The second-order valence-electron chi connectivity index (χ2n) is 6.61. The van der Waals surface area contributed by atoms with Gasteiger partial charge in [-0.05, 0) is 36.2 Å². The second kappa shape index (κ2) is 7.31. The molecule has 0 amide bonds. The molecule has 1 saturated heterocycles. The first kappa shape index (κ1) is 18.0. The van der Waals surface area contributed by atoms with Gasteiger partial charge in [-0.15, -0.1) is 0 Å². The number of aromatic nitrogens is 1. The third kappa shape index (κ3) is 3.00. The lowest BCUT2D eigenvalue weighted by molar-refractivity contribution is 0.253. The van der Waals surface area contributed by atoms with Gasteiger partial charge in [-0.1, -0.05) is 24.8 Å². The molecule has 7 heteroatoms. The predicted molar refractivity (Wildman–Crippen MR) is 107 cm³/mol. The van der Waals surface area contributed by atoms with Crippen LogP contribution in [0.25, 0.3) is 0 Å². The van der Waals surface area contributed by atoms with Crippen LogP contribution in [0.15, 0.2) is 41.5 Å². The molecule has 2 aliphatic heterocycles. The first-order chi connectivity index (χ1) is 13.2. The van der Waals surface area contributed by atoms with Gasteiger partial charge < -0.3 is 19.5 Å². The Hall–Kier alpha value is -2.41. The highest BCUT2D eigenvalue weighted by atomic mass is 32.2. The number of hydrogen-bond donors (Lipinski definition) is 1. The van der Waals surface area contributed by atoms with Crippen LogP contribution in [0.1, 0.15) is 36.7 Å². The zero-order valence-electron chi connectivity index (χ0n) is 15.6. The Morgan fingerprint density at radius 2 is 1.96 bits per heavy atom. The zero-order valence-corrected chi connectivity index (χ0v) is 16.4. The van der Waals surface area contributed by atoms with Gasteiger partial charge in [-0.3, -0.25) is 9.98 Å². The lowest BCUT2D eigenvalue weighted by atomic mass is 9.94. The van der Waals surface area contributed by atoms with Gasteiger partial charge in [-0.2, -0.15) is 0 Å². The van der Waals surface area contributed by atoms with Gasteiger partial charge in [0.25, 0.3) is 0 Å². The van der Waals surface area contributed by atoms with E-state index in [0.29, 0.717) is 17.5 Å². The molecule has 6 nitrogen and oxygen atoms in total. The molecule has 0 unspecified atom stereocenters. The number of methoxy groups -OCH3 is 2. The summed E-state index contributed by atoms with van der Waals surface area (Å²) in [6, 6.07) is 9.98. The number of fused-ring (bicyclic) bond motifs is 1. The number of ether oxygens (including phenoxy) is 2. The van der Waals surface area contributed by atoms with Crippen molar-refractivity contribution in [3.05, 3.63) is 47.8 Å². The maximum atomic E-state index is 10.3. The average molecular weight is 385 g/mol. The number of phenols is 1. The first-order valence-corrected chi connectivity index (χ1v) is 10.0. The molecule has 1 N–H and O–H groups in total. The van der Waals surface area contributed by atoms with Gasteiger partial charge in [0, 0.05) is 18.0 Å². The molecule has 1 aromatic heterocycles. The molecule has 1 fully saturated rings. The third-order valence-corrected chi connectivity index (χ3v) is 6.30. The molecule has 0 radical (unpaired) electrons. The van der Waals surface area contributed by atoms with E-state index in [1.807, 2.05) is 30.3 Å². The number of phenolic OH excluding ortho intramolecular Hbond substituents is 1. The van der Waals surface area contributed by atoms with Crippen molar-refractivity contribution in [1.82, 2.24) is 9.88 Å². The summed E-state index contributed by atoms with van der Waals surface area (Å²) < 4.78 is 10.8. The van der Waals surface area contributed by atoms with E-state index in [4.69, 9.17) is 14.5 Å². The zero-order chi connectivity index (χ0) is 19.0. The monoisotopic (exact) mass is 385 g/mol. The highest BCUT2D eigenvalue weighted by Gasteiger charge is 2.45. The Morgan fingerprint density at radius 1 is 1.22 bits per heavy atom. The predicted octanol–water partition coefficient (Wildman–Crippen LogP) is 3.78. The summed E-state index contributed by atoms with van der Waals surface area (Å²) in [6.45, 7) is 2.21. The minimum Gasteiger partial charge on any atom is -0.502 e. The van der Waals surface area contributed by atoms with Crippen LogP contribution in [0, 0.1) is 0 Å². The van der Waals surface area contributed by atoms with Gasteiger partial charge in [0.15, 0.2) is 16.7 Å². The molecule has 27 heavy (non-hydrogen) atoms. The summed E-state index contributed by atoms with van der Waals surface area (Å²) in [5, 5.41) is 11.4. The number of benzene rings is 1. The van der Waals surface area contributed by atoms with Crippen molar-refractivity contribution in [2.75, 3.05) is 20.0 Å². The fourth-order valence-corrected chi connectivity index (χ4v) is 5.13. The summed E-state index contributed by atoms with van der Waals surface area (Å²) in [5.41, 5.74) is 1.93. The molecule has 0 saturated carbocycles. The highest BCUT2D eigenvalue weighted by Crippen LogP contribution is 2.50. The lowest BCUT2D eigenvalue weighted by Gasteiger charge is -2.32. The van der Waals surface area contributed by atoms with Crippen molar-refractivity contribution in [2.24, 2.45) is 4.99 Å². The number of aliphatic imine (C=N–C) groups is 1. The fourth-order valence-electron chi connectivity index (χ4n) is 3.79. The number of rotatable bonds is 5. The standard InChI is InChI=1S/C20H23N3O3S/c1-4-13-11-27-20-22-17(14-7-5-6-8-21-14)18(23(13)20)12-9-15(25-2)19(24)16(10-12)26-3/h5-10,13,17-18,24H,4,11H2,1-3H3/t13-,17-,18-/m1/s1. The van der Waals surface area contributed by atoms with Crippen molar-refractivity contribution in [1.29, 1.82) is 0 Å². The van der Waals surface area contributed by atoms with E-state index in [0.717, 1.165) is 28.6 Å². The number of aromatic hydroxyl groups is 1. The number of pyridine rings is 1. The molecular formula is C20H23N3O3S. The van der Waals surface area contributed by atoms with Gasteiger partial charge >= 0.3 is 0 Å². The second-order valence-corrected chi connectivity index (χ2v) is 7.60. The molecule has 4 rings (SSSR count). The Balaban J connectivity index is 1.84. The topological polar surface area (TPSA) is 67.2 Å². The van der Waals surface area contributed by atoms with E-state index in [9.17, 15) is 5.11 Å². The minimum absolute atomic E-state index is 0.0140. The normalized spacial score (nSPS) is 23.9. The molecule has 3 atom stereocenters. The summed E-state index contributed by atoms with van der Waals surface area (Å²) in [4.78, 5) is 12.0. The first-order valence-electron chi connectivity index (χ1n) is 9.02. The quantitative estimate of drug-likeness (QED) is 0.845. The molecule has 2 aromatic rings. The van der Waals surface area contributed by atoms with Crippen LogP contribution in [0.4, 0.5) is 0 Å². The van der Waals surface area contributed by atoms with E-state index in [2.05, 4.69) is 16.8 Å². The smallest absolute Gasteiger partial charge is 0.200 e. The number of thioether (sulfide) groups is 1. The van der Waals surface area contributed by atoms with E-state index >= 15 is 0 Å². The van der Waals surface area contributed by atoms with Crippen molar-refractivity contribution in [3.8, 4) is 17.2 Å². The van der Waals surface area contributed by atoms with Crippen LogP contribution in [-0.4, -0.2) is 46.2 Å². The van der Waals surface area contributed by atoms with Gasteiger partial charge in [-0.25, -0.2) is 0 Å². The molecule has 0 bridgehead atoms. The van der Waals surface area contributed by atoms with Gasteiger partial charge in [0.1, 0.15) is 6.04 Å². The number of nitrogens with zero attached hydrogens (tertiary/aromatic N) is 3. The van der Waals surface area contributed by atoms with Gasteiger partial charge in [0.05, 0.1) is 26.0 Å². The molecule has 3 heterocycles. The molecule has 142 valence electrons. The summed E-state index contributed by atoms with van der Waals surface area (Å²) in [5.74, 6) is 1.85. The summed E-state index contributed by atoms with van der Waals surface area (Å²) in [7, 11) is 3.09. The maximum absolute atomic E-state index is 10.3. The highest BCUT2D eigenvalue weighted by molar-refractivity contribution is 8.14. The van der Waals surface area contributed by atoms with Crippen LogP contribution >= 0.6 is 11.8 Å². The SMILES string of the molecule is CC[C@@H]1CSC2=N[C@H](c3ccccn3)[C@@H](c3cc(OC)c(O)c(OC)c3)N21. The van der Waals surface area contributed by atoms with Crippen LogP contribution in [0.3, 0.4) is 0 Å². The molecule has 0 spiro atoms. The largest absolute Gasteiger partial charge is 0.502 e. The van der Waals surface area contributed by atoms with Crippen LogP contribution < -0.4 is 9.47 Å². The Bertz CT molecular complexity index is 834. The molecule has 0 aliphatic carbocycles. The van der Waals surface area contributed by atoms with Crippen molar-refractivity contribution in [2.45, 2.75) is 31.5 Å². The van der Waals surface area contributed by atoms with E-state index < -0.39 is 0 Å². The lowest BCUT2D eigenvalue weighted by Crippen LogP contribution is -2.35. The van der Waals surface area contributed by atoms with Crippen LogP contribution in [-0.2, 0) is 0 Å². The van der Waals surface area contributed by atoms with Crippen LogP contribution in [0.2, 0.25) is 0 Å². The maximum Gasteiger partial charge on any atom is 0.200 e. The van der Waals surface area contributed by atoms with Crippen LogP contribution in [0.5, 0.6) is 17.2 Å². The average Bonchev–Trinajstić information content (AvgIpc) is 3.28. The number of amidine groups is 1. The Morgan fingerprint density at radius 3 is 2.56 bits per heavy atom. The van der Waals surface area contributed by atoms with E-state index in [-0.39, 0.29) is 17.8 Å². The van der Waals surface area contributed by atoms with Crippen molar-refractivity contribution in [3.63, 3.8) is 0 Å². The van der Waals surface area contributed by atoms with Gasteiger partial charge in [0.2, 0.25) is 5.75 Å². The number of hydrogen-bond acceptors (Lipinski definition) is 7. The molecular weight excluding hydrogens is 362 g/mol. The third-order valence-electron chi connectivity index (χ3n) is 5.17. The Kier molecular flexibility index (Phi) is 4.86. The van der Waals surface area contributed by atoms with Crippen molar-refractivity contribution >= 4 is 16.9 Å². The molecule has 2 aliphatic rings. The minimum atomic E-state index is -0.109. The van der Waals surface area contributed by atoms with E-state index in [1.165, 1.54) is 0 Å². The van der Waals surface area contributed by atoms with E-state index in [1.54, 1.807) is 32.2 Å². The molecule has 1 aromatic carbocycles.